The first-order chi connectivity index (χ1) is 5.34. The van der Waals surface area contributed by atoms with Gasteiger partial charge in [0, 0.05) is 12.4 Å². The predicted octanol–water partition coefficient (Wildman–Crippen LogP) is 1.14. The largest absolute Gasteiger partial charge is 0.376 e. The second-order valence-corrected chi connectivity index (χ2v) is 2.08. The smallest absolute Gasteiger partial charge is 0.140 e. The number of aromatic nitrogens is 1. The lowest BCUT2D eigenvalue weighted by Gasteiger charge is -2.00. The molecule has 1 aromatic rings. The SMILES string of the molecule is CC#CC(O)c1ccncc1. The molecule has 0 amide bonds. The maximum atomic E-state index is 9.32. The molecule has 1 aromatic heterocycles. The van der Waals surface area contributed by atoms with Gasteiger partial charge in [0.2, 0.25) is 0 Å². The lowest BCUT2D eigenvalue weighted by molar-refractivity contribution is 0.238. The van der Waals surface area contributed by atoms with Crippen LogP contribution >= 0.6 is 0 Å². The molecule has 0 aliphatic heterocycles. The molecule has 56 valence electrons. The van der Waals surface area contributed by atoms with E-state index in [4.69, 9.17) is 0 Å². The topological polar surface area (TPSA) is 33.1 Å². The van der Waals surface area contributed by atoms with Crippen LogP contribution in [0.25, 0.3) is 0 Å². The summed E-state index contributed by atoms with van der Waals surface area (Å²) in [5, 5.41) is 9.32. The molecule has 0 saturated carbocycles. The second-order valence-electron chi connectivity index (χ2n) is 2.08. The molecule has 1 atom stereocenters. The van der Waals surface area contributed by atoms with Crippen molar-refractivity contribution in [2.45, 2.75) is 13.0 Å². The molecule has 1 N–H and O–H groups in total. The molecular formula is C9H9NO. The van der Waals surface area contributed by atoms with Crippen LogP contribution in [0.1, 0.15) is 18.6 Å². The third-order valence-electron chi connectivity index (χ3n) is 1.30. The number of aliphatic hydroxyl groups is 1. The fraction of sp³-hybridized carbons (Fsp3) is 0.222. The van der Waals surface area contributed by atoms with Gasteiger partial charge in [0.1, 0.15) is 6.10 Å². The number of hydrogen-bond donors (Lipinski definition) is 1. The van der Waals surface area contributed by atoms with Crippen LogP contribution in [0, 0.1) is 11.8 Å². The van der Waals surface area contributed by atoms with Crippen molar-refractivity contribution in [1.29, 1.82) is 0 Å². The van der Waals surface area contributed by atoms with Crippen LogP contribution in [0.4, 0.5) is 0 Å². The summed E-state index contributed by atoms with van der Waals surface area (Å²) in [5.74, 6) is 5.29. The molecule has 1 unspecified atom stereocenters. The van der Waals surface area contributed by atoms with Gasteiger partial charge in [0.25, 0.3) is 0 Å². The molecule has 0 fully saturated rings. The van der Waals surface area contributed by atoms with Crippen LogP contribution in [0.2, 0.25) is 0 Å². The van der Waals surface area contributed by atoms with E-state index in [1.807, 2.05) is 0 Å². The Hall–Kier alpha value is -1.33. The van der Waals surface area contributed by atoms with E-state index in [1.165, 1.54) is 0 Å². The second kappa shape index (κ2) is 3.75. The third kappa shape index (κ3) is 2.06. The Labute approximate surface area is 65.9 Å². The molecule has 0 radical (unpaired) electrons. The molecule has 0 saturated heterocycles. The van der Waals surface area contributed by atoms with E-state index in [2.05, 4.69) is 16.8 Å². The number of rotatable bonds is 1. The summed E-state index contributed by atoms with van der Waals surface area (Å²) in [6.07, 6.45) is 2.59. The van der Waals surface area contributed by atoms with Gasteiger partial charge >= 0.3 is 0 Å². The third-order valence-corrected chi connectivity index (χ3v) is 1.30. The summed E-state index contributed by atoms with van der Waals surface area (Å²) in [7, 11) is 0. The first kappa shape index (κ1) is 7.77. The first-order valence-corrected chi connectivity index (χ1v) is 3.35. The van der Waals surface area contributed by atoms with Crippen LogP contribution in [-0.2, 0) is 0 Å². The minimum Gasteiger partial charge on any atom is -0.376 e. The van der Waals surface area contributed by atoms with Crippen molar-refractivity contribution >= 4 is 0 Å². The number of pyridine rings is 1. The molecular weight excluding hydrogens is 138 g/mol. The van der Waals surface area contributed by atoms with Crippen molar-refractivity contribution in [3.8, 4) is 11.8 Å². The Morgan fingerprint density at radius 3 is 2.64 bits per heavy atom. The highest BCUT2D eigenvalue weighted by molar-refractivity contribution is 5.21. The van der Waals surface area contributed by atoms with Gasteiger partial charge < -0.3 is 5.11 Å². The van der Waals surface area contributed by atoms with Crippen molar-refractivity contribution < 1.29 is 5.11 Å². The molecule has 2 heteroatoms. The Morgan fingerprint density at radius 2 is 2.09 bits per heavy atom. The van der Waals surface area contributed by atoms with E-state index in [-0.39, 0.29) is 0 Å². The summed E-state index contributed by atoms with van der Waals surface area (Å²) in [6.45, 7) is 1.70. The summed E-state index contributed by atoms with van der Waals surface area (Å²) >= 11 is 0. The molecule has 0 aliphatic carbocycles. The molecule has 2 nitrogen and oxygen atoms in total. The van der Waals surface area contributed by atoms with Gasteiger partial charge in [-0.05, 0) is 24.6 Å². The van der Waals surface area contributed by atoms with Gasteiger partial charge in [-0.3, -0.25) is 4.98 Å². The summed E-state index contributed by atoms with van der Waals surface area (Å²) in [5.41, 5.74) is 0.786. The fourth-order valence-electron chi connectivity index (χ4n) is 0.766. The van der Waals surface area contributed by atoms with E-state index in [0.717, 1.165) is 5.56 Å². The predicted molar refractivity (Wildman–Crippen MR) is 42.6 cm³/mol. The minimum atomic E-state index is -0.678. The average molecular weight is 147 g/mol. The Bertz CT molecular complexity index is 271. The van der Waals surface area contributed by atoms with Gasteiger partial charge in [0.15, 0.2) is 0 Å². The Morgan fingerprint density at radius 1 is 1.45 bits per heavy atom. The molecule has 1 heterocycles. The summed E-state index contributed by atoms with van der Waals surface area (Å²) < 4.78 is 0. The van der Waals surface area contributed by atoms with Crippen LogP contribution in [0.3, 0.4) is 0 Å². The number of aliphatic hydroxyl groups excluding tert-OH is 1. The van der Waals surface area contributed by atoms with Crippen LogP contribution in [0.5, 0.6) is 0 Å². The zero-order chi connectivity index (χ0) is 8.10. The Kier molecular flexibility index (Phi) is 2.65. The maximum absolute atomic E-state index is 9.32. The average Bonchev–Trinajstić information content (AvgIpc) is 2.07. The monoisotopic (exact) mass is 147 g/mol. The maximum Gasteiger partial charge on any atom is 0.140 e. The zero-order valence-electron chi connectivity index (χ0n) is 6.28. The molecule has 0 aromatic carbocycles. The summed E-state index contributed by atoms with van der Waals surface area (Å²) in [4.78, 5) is 3.83. The molecule has 0 bridgehead atoms. The molecule has 0 aliphatic rings. The zero-order valence-corrected chi connectivity index (χ0v) is 6.28. The quantitative estimate of drug-likeness (QED) is 0.604. The van der Waals surface area contributed by atoms with Crippen LogP contribution in [-0.4, -0.2) is 10.1 Å². The van der Waals surface area contributed by atoms with E-state index in [9.17, 15) is 5.11 Å². The number of nitrogens with zero attached hydrogens (tertiary/aromatic N) is 1. The van der Waals surface area contributed by atoms with Gasteiger partial charge in [0.05, 0.1) is 0 Å². The van der Waals surface area contributed by atoms with Gasteiger partial charge in [-0.1, -0.05) is 5.92 Å². The van der Waals surface area contributed by atoms with Crippen molar-refractivity contribution in [3.05, 3.63) is 30.1 Å². The number of hydrogen-bond acceptors (Lipinski definition) is 2. The standard InChI is InChI=1S/C9H9NO/c1-2-3-9(11)8-4-6-10-7-5-8/h4-7,9,11H,1H3. The fourth-order valence-corrected chi connectivity index (χ4v) is 0.766. The lowest BCUT2D eigenvalue weighted by Crippen LogP contribution is -1.92. The van der Waals surface area contributed by atoms with Crippen LogP contribution < -0.4 is 0 Å². The van der Waals surface area contributed by atoms with Gasteiger partial charge in [-0.25, -0.2) is 0 Å². The van der Waals surface area contributed by atoms with E-state index in [0.29, 0.717) is 0 Å². The van der Waals surface area contributed by atoms with E-state index in [1.54, 1.807) is 31.5 Å². The lowest BCUT2D eigenvalue weighted by atomic mass is 10.1. The van der Waals surface area contributed by atoms with Crippen molar-refractivity contribution in [3.63, 3.8) is 0 Å². The first-order valence-electron chi connectivity index (χ1n) is 3.35. The molecule has 1 rings (SSSR count). The van der Waals surface area contributed by atoms with Crippen molar-refractivity contribution in [1.82, 2.24) is 4.98 Å². The normalized spacial score (nSPS) is 11.5. The Balaban J connectivity index is 2.82. The highest BCUT2D eigenvalue weighted by Gasteiger charge is 1.99. The van der Waals surface area contributed by atoms with Crippen LogP contribution in [0.15, 0.2) is 24.5 Å². The van der Waals surface area contributed by atoms with Crippen molar-refractivity contribution in [2.75, 3.05) is 0 Å². The molecule has 0 spiro atoms. The molecule has 11 heavy (non-hydrogen) atoms. The highest BCUT2D eigenvalue weighted by atomic mass is 16.3. The van der Waals surface area contributed by atoms with E-state index < -0.39 is 6.10 Å². The summed E-state index contributed by atoms with van der Waals surface area (Å²) in [6, 6.07) is 3.49. The minimum absolute atomic E-state index is 0.678. The van der Waals surface area contributed by atoms with Gasteiger partial charge in [-0.2, -0.15) is 0 Å². The highest BCUT2D eigenvalue weighted by Crippen LogP contribution is 2.08. The van der Waals surface area contributed by atoms with E-state index >= 15 is 0 Å². The van der Waals surface area contributed by atoms with Gasteiger partial charge in [-0.15, -0.1) is 5.92 Å². The van der Waals surface area contributed by atoms with Crippen molar-refractivity contribution in [2.24, 2.45) is 0 Å².